The Morgan fingerprint density at radius 2 is 2.20 bits per heavy atom. The SMILES string of the molecule is C=CCOC(=O)N(S)S.[Hg]. The van der Waals surface area contributed by atoms with E-state index in [1.165, 1.54) is 6.08 Å². The Balaban J connectivity index is 0. The number of nitrogens with zero attached hydrogens (tertiary/aromatic N) is 1. The van der Waals surface area contributed by atoms with Gasteiger partial charge >= 0.3 is 6.09 Å². The maximum absolute atomic E-state index is 10.4. The van der Waals surface area contributed by atoms with Crippen molar-refractivity contribution in [3.8, 4) is 0 Å². The topological polar surface area (TPSA) is 29.5 Å². The second-order valence-electron chi connectivity index (χ2n) is 1.16. The van der Waals surface area contributed by atoms with Crippen LogP contribution in [-0.2, 0) is 32.4 Å². The molecule has 0 unspecified atom stereocenters. The molecule has 0 saturated carbocycles. The van der Waals surface area contributed by atoms with E-state index in [2.05, 4.69) is 36.9 Å². The number of ether oxygens (including phenoxy) is 1. The fourth-order valence-corrected chi connectivity index (χ4v) is 0.303. The molecule has 0 fully saturated rings. The fourth-order valence-electron chi connectivity index (χ4n) is 0.188. The molecule has 0 atom stereocenters. The minimum absolute atomic E-state index is 0. The molecule has 0 aliphatic heterocycles. The number of rotatable bonds is 2. The van der Waals surface area contributed by atoms with Crippen LogP contribution < -0.4 is 0 Å². The summed E-state index contributed by atoms with van der Waals surface area (Å²) in [5.41, 5.74) is 0. The van der Waals surface area contributed by atoms with Gasteiger partial charge in [-0.05, 0) is 25.6 Å². The zero-order chi connectivity index (χ0) is 7.28. The van der Waals surface area contributed by atoms with Crippen molar-refractivity contribution in [2.24, 2.45) is 0 Å². The summed E-state index contributed by atoms with van der Waals surface area (Å²) in [7, 11) is 0. The van der Waals surface area contributed by atoms with Crippen LogP contribution in [0.2, 0.25) is 0 Å². The zero-order valence-corrected chi connectivity index (χ0v) is 12.6. The number of amides is 1. The van der Waals surface area contributed by atoms with Crippen molar-refractivity contribution < 1.29 is 37.2 Å². The van der Waals surface area contributed by atoms with Crippen LogP contribution in [0.25, 0.3) is 0 Å². The maximum Gasteiger partial charge on any atom is 0.430 e. The van der Waals surface area contributed by atoms with Gasteiger partial charge in [0.1, 0.15) is 6.61 Å². The van der Waals surface area contributed by atoms with Gasteiger partial charge in [0.05, 0.1) is 0 Å². The molecule has 3 nitrogen and oxygen atoms in total. The molecular weight excluding hydrogens is 359 g/mol. The van der Waals surface area contributed by atoms with Gasteiger partial charge < -0.3 is 4.74 Å². The molecule has 0 aromatic carbocycles. The molecule has 54 valence electrons. The largest absolute Gasteiger partial charge is 0.444 e. The third-order valence-electron chi connectivity index (χ3n) is 0.488. The number of thiol groups is 2. The average Bonchev–Trinajstić information content (AvgIpc) is 1.82. The normalized spacial score (nSPS) is 7.40. The van der Waals surface area contributed by atoms with E-state index < -0.39 is 6.09 Å². The first-order chi connectivity index (χ1) is 4.18. The molecule has 1 amide bonds. The van der Waals surface area contributed by atoms with Gasteiger partial charge in [-0.1, -0.05) is 12.7 Å². The van der Waals surface area contributed by atoms with Crippen LogP contribution in [0.4, 0.5) is 4.79 Å². The van der Waals surface area contributed by atoms with E-state index in [0.29, 0.717) is 0 Å². The summed E-state index contributed by atoms with van der Waals surface area (Å²) in [5.74, 6) is 0. The fraction of sp³-hybridized carbons (Fsp3) is 0.250. The minimum atomic E-state index is -0.610. The average molecular weight is 366 g/mol. The van der Waals surface area contributed by atoms with E-state index in [4.69, 9.17) is 0 Å². The van der Waals surface area contributed by atoms with E-state index in [1.807, 2.05) is 0 Å². The van der Waals surface area contributed by atoms with Crippen molar-refractivity contribution in [3.05, 3.63) is 12.7 Å². The van der Waals surface area contributed by atoms with Crippen molar-refractivity contribution in [2.75, 3.05) is 6.61 Å². The minimum Gasteiger partial charge on any atom is -0.444 e. The van der Waals surface area contributed by atoms with Crippen LogP contribution >= 0.6 is 25.6 Å². The van der Waals surface area contributed by atoms with E-state index in [-0.39, 0.29) is 34.3 Å². The Labute approximate surface area is 91.4 Å². The van der Waals surface area contributed by atoms with Gasteiger partial charge in [0.15, 0.2) is 0 Å². The summed E-state index contributed by atoms with van der Waals surface area (Å²) in [6.45, 7) is 3.52. The molecule has 0 spiro atoms. The molecule has 0 bridgehead atoms. The van der Waals surface area contributed by atoms with Crippen molar-refractivity contribution >= 4 is 31.7 Å². The van der Waals surface area contributed by atoms with Crippen LogP contribution in [0.3, 0.4) is 0 Å². The summed E-state index contributed by atoms with van der Waals surface area (Å²) >= 11 is 7.11. The van der Waals surface area contributed by atoms with Crippen molar-refractivity contribution in [1.82, 2.24) is 3.71 Å². The molecule has 0 N–H and O–H groups in total. The summed E-state index contributed by atoms with van der Waals surface area (Å²) in [5, 5.41) is 0. The van der Waals surface area contributed by atoms with Crippen molar-refractivity contribution in [3.63, 3.8) is 0 Å². The molecule has 0 aromatic rings. The van der Waals surface area contributed by atoms with E-state index in [1.54, 1.807) is 0 Å². The Morgan fingerprint density at radius 3 is 2.50 bits per heavy atom. The third kappa shape index (κ3) is 6.76. The number of hydrogen-bond donors (Lipinski definition) is 2. The first kappa shape index (κ1) is 13.3. The zero-order valence-electron chi connectivity index (χ0n) is 5.36. The first-order valence-electron chi connectivity index (χ1n) is 2.14. The van der Waals surface area contributed by atoms with Gasteiger partial charge in [-0.15, -0.1) is 0 Å². The summed E-state index contributed by atoms with van der Waals surface area (Å²) < 4.78 is 5.22. The van der Waals surface area contributed by atoms with Gasteiger partial charge in [-0.25, -0.2) is 4.79 Å². The number of hydrogen-bond acceptors (Lipinski definition) is 4. The molecular formula is C4H7HgNO2S2. The molecule has 6 heteroatoms. The van der Waals surface area contributed by atoms with E-state index >= 15 is 0 Å². The molecule has 0 heterocycles. The third-order valence-corrected chi connectivity index (χ3v) is 0.815. The number of carbonyl (C=O) groups excluding carboxylic acids is 1. The summed E-state index contributed by atoms with van der Waals surface area (Å²) in [4.78, 5) is 10.4. The molecule has 0 saturated heterocycles. The predicted octanol–water partition coefficient (Wildman–Crippen LogP) is 1.30. The van der Waals surface area contributed by atoms with Crippen LogP contribution in [0.15, 0.2) is 12.7 Å². The second kappa shape index (κ2) is 7.75. The Morgan fingerprint density at radius 1 is 1.70 bits per heavy atom. The van der Waals surface area contributed by atoms with E-state index in [9.17, 15) is 4.79 Å². The van der Waals surface area contributed by atoms with Gasteiger partial charge in [-0.2, -0.15) is 3.71 Å². The predicted molar refractivity (Wildman–Crippen MR) is 41.4 cm³/mol. The van der Waals surface area contributed by atoms with Crippen LogP contribution in [0.1, 0.15) is 0 Å². The maximum atomic E-state index is 10.4. The first-order valence-corrected chi connectivity index (χ1v) is 2.94. The molecule has 0 radical (unpaired) electrons. The van der Waals surface area contributed by atoms with Crippen LogP contribution in [0, 0.1) is 0 Å². The number of carbonyl (C=O) groups is 1. The Bertz CT molecular complexity index is 120. The van der Waals surface area contributed by atoms with E-state index in [0.717, 1.165) is 3.71 Å². The van der Waals surface area contributed by atoms with Gasteiger partial charge in [0, 0.05) is 27.7 Å². The van der Waals surface area contributed by atoms with Gasteiger partial charge in [0.2, 0.25) is 0 Å². The molecule has 0 rings (SSSR count). The second-order valence-corrected chi connectivity index (χ2v) is 2.27. The van der Waals surface area contributed by atoms with Crippen molar-refractivity contribution in [1.29, 1.82) is 0 Å². The van der Waals surface area contributed by atoms with Gasteiger partial charge in [-0.3, -0.25) is 0 Å². The molecule has 0 aromatic heterocycles. The quantitative estimate of drug-likeness (QED) is 0.439. The van der Waals surface area contributed by atoms with Gasteiger partial charge in [0.25, 0.3) is 0 Å². The van der Waals surface area contributed by atoms with Crippen molar-refractivity contribution in [2.45, 2.75) is 0 Å². The summed E-state index contributed by atoms with van der Waals surface area (Å²) in [6.07, 6.45) is 0.852. The van der Waals surface area contributed by atoms with Crippen LogP contribution in [-0.4, -0.2) is 16.4 Å². The molecule has 0 aliphatic carbocycles. The standard InChI is InChI=1S/C4H7NO2S2.Hg/c1-2-3-7-4(6)5(8)9;/h2,8-9H,1,3H2;. The van der Waals surface area contributed by atoms with Crippen LogP contribution in [0.5, 0.6) is 0 Å². The molecule has 0 aliphatic rings. The monoisotopic (exact) mass is 367 g/mol. The Kier molecular flexibility index (Phi) is 10.3. The Hall–Kier alpha value is 0.645. The molecule has 10 heavy (non-hydrogen) atoms. The smallest absolute Gasteiger partial charge is 0.430 e. The summed E-state index contributed by atoms with van der Waals surface area (Å²) in [6, 6.07) is 0.